The number of anilines is 1. The van der Waals surface area contributed by atoms with E-state index in [4.69, 9.17) is 28.9 Å². The molecule has 0 fully saturated rings. The molecule has 7 heteroatoms. The maximum Gasteiger partial charge on any atom is 0.573 e. The van der Waals surface area contributed by atoms with Crippen molar-refractivity contribution >= 4 is 28.9 Å². The lowest BCUT2D eigenvalue weighted by atomic mass is 10.3. The van der Waals surface area contributed by atoms with Crippen molar-refractivity contribution in [2.24, 2.45) is 0 Å². The summed E-state index contributed by atoms with van der Waals surface area (Å²) in [6.45, 7) is 0. The van der Waals surface area contributed by atoms with Gasteiger partial charge in [0.2, 0.25) is 0 Å². The summed E-state index contributed by atoms with van der Waals surface area (Å²) in [4.78, 5) is 0. The van der Waals surface area contributed by atoms with E-state index < -0.39 is 12.1 Å². The van der Waals surface area contributed by atoms with Gasteiger partial charge in [-0.25, -0.2) is 0 Å². The summed E-state index contributed by atoms with van der Waals surface area (Å²) in [6, 6.07) is 2.17. The van der Waals surface area contributed by atoms with Crippen LogP contribution in [0.3, 0.4) is 0 Å². The molecule has 0 aromatic heterocycles. The molecule has 2 N–H and O–H groups in total. The molecular weight excluding hydrogens is 242 g/mol. The quantitative estimate of drug-likeness (QED) is 0.770. The van der Waals surface area contributed by atoms with Crippen molar-refractivity contribution in [2.45, 2.75) is 6.36 Å². The van der Waals surface area contributed by atoms with Crippen LogP contribution in [0.5, 0.6) is 5.75 Å². The molecular formula is C7H4Cl2F3NO. The van der Waals surface area contributed by atoms with E-state index in [0.29, 0.717) is 0 Å². The number of alkyl halides is 3. The predicted molar refractivity (Wildman–Crippen MR) is 47.6 cm³/mol. The topological polar surface area (TPSA) is 35.2 Å². The van der Waals surface area contributed by atoms with Gasteiger partial charge in [-0.15, -0.1) is 13.2 Å². The molecule has 0 aliphatic rings. The first kappa shape index (κ1) is 11.3. The maximum absolute atomic E-state index is 11.8. The molecule has 1 aromatic carbocycles. The van der Waals surface area contributed by atoms with E-state index in [0.717, 1.165) is 6.07 Å². The van der Waals surface area contributed by atoms with E-state index in [1.54, 1.807) is 0 Å². The summed E-state index contributed by atoms with van der Waals surface area (Å²) < 4.78 is 39.0. The van der Waals surface area contributed by atoms with Gasteiger partial charge >= 0.3 is 6.36 Å². The lowest BCUT2D eigenvalue weighted by Gasteiger charge is -2.11. The average Bonchev–Trinajstić information content (AvgIpc) is 2.04. The maximum atomic E-state index is 11.8. The Labute approximate surface area is 87.4 Å². The van der Waals surface area contributed by atoms with Crippen LogP contribution in [0.25, 0.3) is 0 Å². The van der Waals surface area contributed by atoms with Gasteiger partial charge in [-0.3, -0.25) is 0 Å². The second-order valence-corrected chi connectivity index (χ2v) is 3.08. The lowest BCUT2D eigenvalue weighted by molar-refractivity contribution is -0.274. The summed E-state index contributed by atoms with van der Waals surface area (Å²) in [7, 11) is 0. The molecule has 0 atom stereocenters. The normalized spacial score (nSPS) is 11.5. The number of benzene rings is 1. The zero-order chi connectivity index (χ0) is 10.9. The Morgan fingerprint density at radius 2 is 1.71 bits per heavy atom. The third kappa shape index (κ3) is 2.59. The third-order valence-corrected chi connectivity index (χ3v) is 2.18. The Morgan fingerprint density at radius 1 is 1.14 bits per heavy atom. The van der Waals surface area contributed by atoms with Gasteiger partial charge in [0.05, 0.1) is 10.7 Å². The van der Waals surface area contributed by atoms with Crippen LogP contribution in [-0.4, -0.2) is 6.36 Å². The molecule has 0 aliphatic heterocycles. The molecule has 78 valence electrons. The Kier molecular flexibility index (Phi) is 3.01. The van der Waals surface area contributed by atoms with Crippen LogP contribution >= 0.6 is 23.2 Å². The van der Waals surface area contributed by atoms with Crippen molar-refractivity contribution in [3.8, 4) is 5.75 Å². The highest BCUT2D eigenvalue weighted by Crippen LogP contribution is 2.38. The molecule has 0 bridgehead atoms. The molecule has 0 amide bonds. The molecule has 14 heavy (non-hydrogen) atoms. The van der Waals surface area contributed by atoms with Crippen LogP contribution in [0.15, 0.2) is 12.1 Å². The molecule has 2 nitrogen and oxygen atoms in total. The first-order valence-electron chi connectivity index (χ1n) is 3.30. The number of rotatable bonds is 1. The minimum Gasteiger partial charge on any atom is -0.404 e. The Morgan fingerprint density at radius 3 is 2.21 bits per heavy atom. The second kappa shape index (κ2) is 3.74. The highest BCUT2D eigenvalue weighted by molar-refractivity contribution is 6.44. The summed E-state index contributed by atoms with van der Waals surface area (Å²) in [5.41, 5.74) is 5.39. The molecule has 0 radical (unpaired) electrons. The van der Waals surface area contributed by atoms with Gasteiger partial charge in [0.1, 0.15) is 10.8 Å². The molecule has 0 aliphatic carbocycles. The van der Waals surface area contributed by atoms with Gasteiger partial charge in [-0.05, 0) is 12.1 Å². The minimum atomic E-state index is -4.80. The zero-order valence-electron chi connectivity index (χ0n) is 6.53. The van der Waals surface area contributed by atoms with Crippen molar-refractivity contribution < 1.29 is 17.9 Å². The average molecular weight is 246 g/mol. The fourth-order valence-corrected chi connectivity index (χ4v) is 1.12. The Bertz CT molecular complexity index is 354. The fraction of sp³-hybridized carbons (Fsp3) is 0.143. The number of nitrogen functional groups attached to an aromatic ring is 1. The highest BCUT2D eigenvalue weighted by atomic mass is 35.5. The first-order valence-corrected chi connectivity index (χ1v) is 4.06. The van der Waals surface area contributed by atoms with Crippen molar-refractivity contribution in [3.63, 3.8) is 0 Å². The van der Waals surface area contributed by atoms with Crippen molar-refractivity contribution in [3.05, 3.63) is 22.2 Å². The first-order chi connectivity index (χ1) is 6.31. The van der Waals surface area contributed by atoms with Crippen LogP contribution in [0.1, 0.15) is 0 Å². The number of halogens is 5. The number of ether oxygens (including phenoxy) is 1. The third-order valence-electron chi connectivity index (χ3n) is 1.30. The summed E-state index contributed by atoms with van der Waals surface area (Å²) in [6.07, 6.45) is -4.80. The van der Waals surface area contributed by atoms with Crippen LogP contribution in [0.2, 0.25) is 10.0 Å². The van der Waals surface area contributed by atoms with Gasteiger partial charge in [-0.2, -0.15) is 0 Å². The van der Waals surface area contributed by atoms with E-state index >= 15 is 0 Å². The predicted octanol–water partition coefficient (Wildman–Crippen LogP) is 3.47. The summed E-state index contributed by atoms with van der Waals surface area (Å²) in [5, 5.41) is -0.516. The van der Waals surface area contributed by atoms with E-state index in [2.05, 4.69) is 4.74 Å². The molecule has 0 saturated carbocycles. The highest BCUT2D eigenvalue weighted by Gasteiger charge is 2.32. The SMILES string of the molecule is Nc1ccc(OC(F)(F)F)c(Cl)c1Cl. The Balaban J connectivity index is 3.06. The number of hydrogen-bond donors (Lipinski definition) is 1. The molecule has 0 unspecified atom stereocenters. The molecule has 1 aromatic rings. The van der Waals surface area contributed by atoms with Crippen molar-refractivity contribution in [1.82, 2.24) is 0 Å². The van der Waals surface area contributed by atoms with Crippen LogP contribution in [0, 0.1) is 0 Å². The van der Waals surface area contributed by atoms with E-state index in [1.165, 1.54) is 6.07 Å². The monoisotopic (exact) mass is 245 g/mol. The molecule has 0 heterocycles. The van der Waals surface area contributed by atoms with Crippen LogP contribution in [-0.2, 0) is 0 Å². The largest absolute Gasteiger partial charge is 0.573 e. The van der Waals surface area contributed by atoms with E-state index in [1.807, 2.05) is 0 Å². The zero-order valence-corrected chi connectivity index (χ0v) is 8.04. The van der Waals surface area contributed by atoms with Crippen LogP contribution in [0.4, 0.5) is 18.9 Å². The van der Waals surface area contributed by atoms with Crippen molar-refractivity contribution in [2.75, 3.05) is 5.73 Å². The lowest BCUT2D eigenvalue weighted by Crippen LogP contribution is -2.17. The minimum absolute atomic E-state index is 0.0891. The Hall–Kier alpha value is -0.810. The van der Waals surface area contributed by atoms with Crippen molar-refractivity contribution in [1.29, 1.82) is 0 Å². The molecule has 0 spiro atoms. The smallest absolute Gasteiger partial charge is 0.404 e. The van der Waals surface area contributed by atoms with E-state index in [9.17, 15) is 13.2 Å². The van der Waals surface area contributed by atoms with E-state index in [-0.39, 0.29) is 15.7 Å². The van der Waals surface area contributed by atoms with Gasteiger partial charge in [0.25, 0.3) is 0 Å². The molecule has 1 rings (SSSR count). The van der Waals surface area contributed by atoms with Gasteiger partial charge in [0, 0.05) is 0 Å². The van der Waals surface area contributed by atoms with Crippen LogP contribution < -0.4 is 10.5 Å². The standard InChI is InChI=1S/C7H4Cl2F3NO/c8-5-3(13)1-2-4(6(5)9)14-7(10,11)12/h1-2H,13H2. The summed E-state index contributed by atoms with van der Waals surface area (Å²) in [5.74, 6) is -0.571. The fourth-order valence-electron chi connectivity index (χ4n) is 0.750. The molecule has 0 saturated heterocycles. The summed E-state index contributed by atoms with van der Waals surface area (Å²) >= 11 is 11.0. The number of hydrogen-bond acceptors (Lipinski definition) is 2. The van der Waals surface area contributed by atoms with Gasteiger partial charge in [0.15, 0.2) is 0 Å². The second-order valence-electron chi connectivity index (χ2n) is 2.33. The van der Waals surface area contributed by atoms with Gasteiger partial charge in [-0.1, -0.05) is 23.2 Å². The van der Waals surface area contributed by atoms with Gasteiger partial charge < -0.3 is 10.5 Å². The number of nitrogens with two attached hydrogens (primary N) is 1.